The molecular formula is C19H14FN3O4. The van der Waals surface area contributed by atoms with Gasteiger partial charge in [0.15, 0.2) is 5.54 Å². The molecule has 2 heterocycles. The van der Waals surface area contributed by atoms with Crippen LogP contribution in [-0.2, 0) is 16.9 Å². The monoisotopic (exact) mass is 367 g/mol. The van der Waals surface area contributed by atoms with Crippen LogP contribution < -0.4 is 10.6 Å². The van der Waals surface area contributed by atoms with Crippen LogP contribution in [0.4, 0.5) is 9.18 Å². The van der Waals surface area contributed by atoms with Gasteiger partial charge in [-0.05, 0) is 35.4 Å². The number of fused-ring (bicyclic) bond motifs is 1. The molecule has 0 aromatic heterocycles. The van der Waals surface area contributed by atoms with Crippen LogP contribution in [-0.4, -0.2) is 35.6 Å². The number of hydrogen-bond acceptors (Lipinski definition) is 4. The van der Waals surface area contributed by atoms with Crippen molar-refractivity contribution in [2.75, 3.05) is 6.54 Å². The van der Waals surface area contributed by atoms with Crippen LogP contribution >= 0.6 is 0 Å². The minimum atomic E-state index is -1.52. The first kappa shape index (κ1) is 16.9. The zero-order chi connectivity index (χ0) is 19.2. The van der Waals surface area contributed by atoms with E-state index in [4.69, 9.17) is 0 Å². The predicted octanol–water partition coefficient (Wildman–Crippen LogP) is 1.33. The van der Waals surface area contributed by atoms with Crippen molar-refractivity contribution in [2.24, 2.45) is 0 Å². The Kier molecular flexibility index (Phi) is 3.76. The Morgan fingerprint density at radius 1 is 1.11 bits per heavy atom. The maximum atomic E-state index is 13.3. The summed E-state index contributed by atoms with van der Waals surface area (Å²) < 4.78 is 13.3. The number of hydrogen-bond donors (Lipinski definition) is 2. The molecule has 1 atom stereocenters. The molecule has 27 heavy (non-hydrogen) atoms. The van der Waals surface area contributed by atoms with E-state index in [1.54, 1.807) is 18.2 Å². The van der Waals surface area contributed by atoms with E-state index in [1.165, 1.54) is 29.2 Å². The summed E-state index contributed by atoms with van der Waals surface area (Å²) in [4.78, 5) is 49.5. The third-order valence-electron chi connectivity index (χ3n) is 4.85. The Hall–Kier alpha value is -3.55. The number of imide groups is 1. The molecule has 2 aromatic carbocycles. The number of halogens is 1. The molecule has 8 heteroatoms. The van der Waals surface area contributed by atoms with Crippen molar-refractivity contribution in [3.8, 4) is 0 Å². The first-order valence-corrected chi connectivity index (χ1v) is 8.20. The van der Waals surface area contributed by atoms with Crippen LogP contribution in [0.5, 0.6) is 0 Å². The van der Waals surface area contributed by atoms with E-state index in [0.29, 0.717) is 28.5 Å². The van der Waals surface area contributed by atoms with Gasteiger partial charge in [0, 0.05) is 17.7 Å². The normalized spacial score (nSPS) is 21.1. The molecule has 7 nitrogen and oxygen atoms in total. The molecule has 4 rings (SSSR count). The molecule has 136 valence electrons. The summed E-state index contributed by atoms with van der Waals surface area (Å²) in [6.45, 7) is 0.0715. The molecule has 0 radical (unpaired) electrons. The highest BCUT2D eigenvalue weighted by Crippen LogP contribution is 2.31. The molecule has 0 aliphatic carbocycles. The Morgan fingerprint density at radius 2 is 1.85 bits per heavy atom. The lowest BCUT2D eigenvalue weighted by Gasteiger charge is -2.31. The van der Waals surface area contributed by atoms with Gasteiger partial charge in [0.2, 0.25) is 0 Å². The molecule has 2 aliphatic heterocycles. The van der Waals surface area contributed by atoms with Gasteiger partial charge in [-0.1, -0.05) is 18.2 Å². The van der Waals surface area contributed by atoms with E-state index < -0.39 is 23.3 Å². The Morgan fingerprint density at radius 3 is 2.48 bits per heavy atom. The topological polar surface area (TPSA) is 95.6 Å². The number of nitrogens with zero attached hydrogens (tertiary/aromatic N) is 1. The number of carbonyl (C=O) groups excluding carboxylic acids is 4. The minimum absolute atomic E-state index is 0.125. The van der Waals surface area contributed by atoms with E-state index in [9.17, 15) is 23.6 Å². The van der Waals surface area contributed by atoms with Gasteiger partial charge in [-0.15, -0.1) is 0 Å². The third-order valence-corrected chi connectivity index (χ3v) is 4.85. The number of aldehydes is 1. The second kappa shape index (κ2) is 6.01. The Balaban J connectivity index is 1.70. The molecular weight excluding hydrogens is 353 g/mol. The van der Waals surface area contributed by atoms with Crippen molar-refractivity contribution < 1.29 is 23.6 Å². The van der Waals surface area contributed by atoms with E-state index in [2.05, 4.69) is 10.6 Å². The fourth-order valence-electron chi connectivity index (χ4n) is 3.52. The maximum Gasteiger partial charge on any atom is 0.322 e. The molecule has 0 bridgehead atoms. The highest BCUT2D eigenvalue weighted by molar-refractivity contribution is 6.08. The first-order valence-electron chi connectivity index (χ1n) is 8.20. The standard InChI is InChI=1S/C19H14FN3O4/c20-14-4-2-13(3-5-14)19(17(26)21-18(27)22-19)10-23-8-12-7-11(9-24)1-6-15(12)16(23)25/h1-7,9H,8,10H2,(H2,21,22,26,27). The Bertz CT molecular complexity index is 989. The summed E-state index contributed by atoms with van der Waals surface area (Å²) in [5.74, 6) is -1.40. The molecule has 2 aliphatic rings. The fraction of sp³-hybridized carbons (Fsp3) is 0.158. The summed E-state index contributed by atoms with van der Waals surface area (Å²) in [5, 5.41) is 4.76. The Labute approximate surface area is 153 Å². The smallest absolute Gasteiger partial charge is 0.322 e. The van der Waals surface area contributed by atoms with Crippen molar-refractivity contribution in [3.05, 3.63) is 70.5 Å². The van der Waals surface area contributed by atoms with Crippen LogP contribution in [0.25, 0.3) is 0 Å². The van der Waals surface area contributed by atoms with E-state index >= 15 is 0 Å². The average Bonchev–Trinajstić information content (AvgIpc) is 3.11. The molecule has 1 fully saturated rings. The summed E-state index contributed by atoms with van der Waals surface area (Å²) >= 11 is 0. The molecule has 2 aromatic rings. The quantitative estimate of drug-likeness (QED) is 0.630. The fourth-order valence-corrected chi connectivity index (χ4v) is 3.52. The van der Waals surface area contributed by atoms with Gasteiger partial charge in [-0.2, -0.15) is 0 Å². The van der Waals surface area contributed by atoms with Crippen LogP contribution in [0.15, 0.2) is 42.5 Å². The predicted molar refractivity (Wildman–Crippen MR) is 91.3 cm³/mol. The van der Waals surface area contributed by atoms with Gasteiger partial charge in [0.25, 0.3) is 11.8 Å². The lowest BCUT2D eigenvalue weighted by molar-refractivity contribution is -0.124. The molecule has 0 spiro atoms. The van der Waals surface area contributed by atoms with Crippen molar-refractivity contribution in [1.29, 1.82) is 0 Å². The van der Waals surface area contributed by atoms with Gasteiger partial charge < -0.3 is 10.2 Å². The van der Waals surface area contributed by atoms with Gasteiger partial charge in [-0.3, -0.25) is 19.7 Å². The number of urea groups is 1. The van der Waals surface area contributed by atoms with Crippen molar-refractivity contribution in [1.82, 2.24) is 15.5 Å². The number of rotatable bonds is 4. The lowest BCUT2D eigenvalue weighted by Crippen LogP contribution is -2.52. The highest BCUT2D eigenvalue weighted by atomic mass is 19.1. The SMILES string of the molecule is O=Cc1ccc2c(c1)CN(CC1(c3ccc(F)cc3)NC(=O)NC1=O)C2=O. The molecule has 0 saturated carbocycles. The van der Waals surface area contributed by atoms with Crippen LogP contribution in [0.1, 0.15) is 31.8 Å². The summed E-state index contributed by atoms with van der Waals surface area (Å²) in [5.41, 5.74) is 0.409. The molecule has 4 amide bonds. The number of amides is 4. The number of carbonyl (C=O) groups is 4. The zero-order valence-electron chi connectivity index (χ0n) is 14.0. The number of nitrogens with one attached hydrogen (secondary N) is 2. The largest absolute Gasteiger partial charge is 0.331 e. The summed E-state index contributed by atoms with van der Waals surface area (Å²) in [6, 6.07) is 9.23. The summed E-state index contributed by atoms with van der Waals surface area (Å²) in [7, 11) is 0. The maximum absolute atomic E-state index is 13.3. The van der Waals surface area contributed by atoms with Crippen LogP contribution in [0.3, 0.4) is 0 Å². The second-order valence-corrected chi connectivity index (χ2v) is 6.52. The second-order valence-electron chi connectivity index (χ2n) is 6.52. The molecule has 1 saturated heterocycles. The first-order chi connectivity index (χ1) is 12.9. The van der Waals surface area contributed by atoms with E-state index in [0.717, 1.165) is 0 Å². The molecule has 2 N–H and O–H groups in total. The average molecular weight is 367 g/mol. The zero-order valence-corrected chi connectivity index (χ0v) is 14.0. The van der Waals surface area contributed by atoms with Gasteiger partial charge in [0.05, 0.1) is 6.54 Å². The number of benzene rings is 2. The third kappa shape index (κ3) is 2.66. The van der Waals surface area contributed by atoms with Crippen molar-refractivity contribution >= 4 is 24.1 Å². The van der Waals surface area contributed by atoms with Gasteiger partial charge in [-0.25, -0.2) is 9.18 Å². The summed E-state index contributed by atoms with van der Waals surface area (Å²) in [6.07, 6.45) is 0.693. The van der Waals surface area contributed by atoms with Gasteiger partial charge in [0.1, 0.15) is 12.1 Å². The van der Waals surface area contributed by atoms with Crippen LogP contribution in [0, 0.1) is 5.82 Å². The lowest BCUT2D eigenvalue weighted by atomic mass is 9.89. The highest BCUT2D eigenvalue weighted by Gasteiger charge is 2.50. The minimum Gasteiger partial charge on any atom is -0.331 e. The van der Waals surface area contributed by atoms with Crippen molar-refractivity contribution in [2.45, 2.75) is 12.1 Å². The van der Waals surface area contributed by atoms with E-state index in [-0.39, 0.29) is 19.0 Å². The van der Waals surface area contributed by atoms with Gasteiger partial charge >= 0.3 is 6.03 Å². The van der Waals surface area contributed by atoms with E-state index in [1.807, 2.05) is 0 Å². The molecule has 1 unspecified atom stereocenters. The van der Waals surface area contributed by atoms with Crippen LogP contribution in [0.2, 0.25) is 0 Å². The van der Waals surface area contributed by atoms with Crippen molar-refractivity contribution in [3.63, 3.8) is 0 Å².